The van der Waals surface area contributed by atoms with E-state index in [9.17, 15) is 21.6 Å². The number of carbonyl (C=O) groups is 1. The summed E-state index contributed by atoms with van der Waals surface area (Å²) in [5.41, 5.74) is 1.77. The Morgan fingerprint density at radius 3 is 2.28 bits per heavy atom. The van der Waals surface area contributed by atoms with Gasteiger partial charge in [0.15, 0.2) is 0 Å². The number of anilines is 1. The Balaban J connectivity index is 1.54. The lowest BCUT2D eigenvalue weighted by molar-refractivity contribution is -0.122. The summed E-state index contributed by atoms with van der Waals surface area (Å²) >= 11 is 6.22. The first kappa shape index (κ1) is 22.6. The SMILES string of the molecule is Cc1c[nH]c2c(NS(=O)(=O)c3ccc(S(=O)(=O)NC4CCC(=O)NC4)cc3)ccc(Cl)c12. The summed E-state index contributed by atoms with van der Waals surface area (Å²) in [5.74, 6) is -0.116. The quantitative estimate of drug-likeness (QED) is 0.415. The zero-order chi connectivity index (χ0) is 23.1. The van der Waals surface area contributed by atoms with Crippen molar-refractivity contribution in [1.82, 2.24) is 15.0 Å². The van der Waals surface area contributed by atoms with Crippen molar-refractivity contribution in [2.45, 2.75) is 35.6 Å². The molecule has 4 N–H and O–H groups in total. The minimum Gasteiger partial charge on any atom is -0.359 e. The zero-order valence-corrected chi connectivity index (χ0v) is 19.4. The summed E-state index contributed by atoms with van der Waals surface area (Å²) in [6, 6.07) is 7.67. The van der Waals surface area contributed by atoms with Crippen LogP contribution in [0.3, 0.4) is 0 Å². The van der Waals surface area contributed by atoms with Crippen molar-refractivity contribution >= 4 is 54.1 Å². The molecule has 9 nitrogen and oxygen atoms in total. The molecule has 4 rings (SSSR count). The number of amides is 1. The van der Waals surface area contributed by atoms with Gasteiger partial charge in [-0.1, -0.05) is 11.6 Å². The minimum absolute atomic E-state index is 0.0674. The highest BCUT2D eigenvalue weighted by Crippen LogP contribution is 2.32. The number of sulfonamides is 2. The average Bonchev–Trinajstić information content (AvgIpc) is 3.14. The van der Waals surface area contributed by atoms with Crippen LogP contribution < -0.4 is 14.8 Å². The maximum Gasteiger partial charge on any atom is 0.261 e. The fraction of sp³-hybridized carbons (Fsp3) is 0.250. The molecule has 1 aliphatic rings. The Labute approximate surface area is 190 Å². The third kappa shape index (κ3) is 4.46. The third-order valence-electron chi connectivity index (χ3n) is 5.26. The van der Waals surface area contributed by atoms with Crippen molar-refractivity contribution in [3.63, 3.8) is 0 Å². The highest BCUT2D eigenvalue weighted by molar-refractivity contribution is 7.92. The molecular weight excluding hydrogens is 476 g/mol. The van der Waals surface area contributed by atoms with Gasteiger partial charge in [0, 0.05) is 30.6 Å². The van der Waals surface area contributed by atoms with E-state index in [2.05, 4.69) is 19.7 Å². The van der Waals surface area contributed by atoms with E-state index in [4.69, 9.17) is 11.6 Å². The second-order valence-corrected chi connectivity index (χ2v) is 11.4. The second kappa shape index (κ2) is 8.39. The normalized spacial score (nSPS) is 17.3. The van der Waals surface area contributed by atoms with Gasteiger partial charge in [-0.2, -0.15) is 0 Å². The van der Waals surface area contributed by atoms with E-state index in [0.717, 1.165) is 10.9 Å². The highest BCUT2D eigenvalue weighted by Gasteiger charge is 2.25. The molecule has 1 saturated heterocycles. The molecule has 0 bridgehead atoms. The predicted octanol–water partition coefficient (Wildman–Crippen LogP) is 2.49. The number of aromatic nitrogens is 1. The number of hydrogen-bond donors (Lipinski definition) is 4. The molecule has 1 fully saturated rings. The summed E-state index contributed by atoms with van der Waals surface area (Å²) in [7, 11) is -7.85. The van der Waals surface area contributed by atoms with E-state index in [1.54, 1.807) is 18.3 Å². The molecule has 1 aliphatic heterocycles. The van der Waals surface area contributed by atoms with Gasteiger partial charge in [-0.15, -0.1) is 0 Å². The van der Waals surface area contributed by atoms with Gasteiger partial charge in [-0.05, 0) is 55.3 Å². The summed E-state index contributed by atoms with van der Waals surface area (Å²) in [5, 5.41) is 3.83. The van der Waals surface area contributed by atoms with Crippen LogP contribution in [0, 0.1) is 6.92 Å². The number of H-pyrrole nitrogens is 1. The molecule has 32 heavy (non-hydrogen) atoms. The van der Waals surface area contributed by atoms with E-state index in [-0.39, 0.29) is 28.7 Å². The molecule has 1 unspecified atom stereocenters. The smallest absolute Gasteiger partial charge is 0.261 e. The van der Waals surface area contributed by atoms with Crippen molar-refractivity contribution in [3.8, 4) is 0 Å². The zero-order valence-electron chi connectivity index (χ0n) is 17.0. The minimum atomic E-state index is -3.98. The van der Waals surface area contributed by atoms with Crippen LogP contribution in [0.25, 0.3) is 10.9 Å². The first-order chi connectivity index (χ1) is 15.1. The van der Waals surface area contributed by atoms with Crippen LogP contribution in [0.4, 0.5) is 5.69 Å². The number of carbonyl (C=O) groups excluding carboxylic acids is 1. The molecule has 3 aromatic rings. The largest absolute Gasteiger partial charge is 0.359 e. The number of benzene rings is 2. The highest BCUT2D eigenvalue weighted by atomic mass is 35.5. The maximum absolute atomic E-state index is 12.9. The monoisotopic (exact) mass is 496 g/mol. The fourth-order valence-electron chi connectivity index (χ4n) is 3.57. The first-order valence-corrected chi connectivity index (χ1v) is 13.1. The average molecular weight is 497 g/mol. The molecule has 2 heterocycles. The first-order valence-electron chi connectivity index (χ1n) is 9.75. The van der Waals surface area contributed by atoms with Crippen LogP contribution in [0.5, 0.6) is 0 Å². The van der Waals surface area contributed by atoms with E-state index in [0.29, 0.717) is 22.6 Å². The molecule has 12 heteroatoms. The van der Waals surface area contributed by atoms with E-state index in [1.807, 2.05) is 6.92 Å². The molecule has 0 aliphatic carbocycles. The van der Waals surface area contributed by atoms with Gasteiger partial charge >= 0.3 is 0 Å². The molecule has 0 spiro atoms. The van der Waals surface area contributed by atoms with Crippen LogP contribution in [-0.2, 0) is 24.8 Å². The number of hydrogen-bond acceptors (Lipinski definition) is 5. The third-order valence-corrected chi connectivity index (χ3v) is 8.49. The van der Waals surface area contributed by atoms with Crippen molar-refractivity contribution in [2.24, 2.45) is 0 Å². The van der Waals surface area contributed by atoms with E-state index < -0.39 is 26.1 Å². The van der Waals surface area contributed by atoms with Crippen LogP contribution >= 0.6 is 11.6 Å². The van der Waals surface area contributed by atoms with Gasteiger partial charge in [0.2, 0.25) is 15.9 Å². The maximum atomic E-state index is 12.9. The molecule has 170 valence electrons. The van der Waals surface area contributed by atoms with Gasteiger partial charge in [-0.3, -0.25) is 9.52 Å². The Morgan fingerprint density at radius 2 is 1.66 bits per heavy atom. The molecule has 0 saturated carbocycles. The fourth-order valence-corrected chi connectivity index (χ4v) is 6.22. The summed E-state index contributed by atoms with van der Waals surface area (Å²) in [4.78, 5) is 14.1. The van der Waals surface area contributed by atoms with Crippen molar-refractivity contribution in [2.75, 3.05) is 11.3 Å². The van der Waals surface area contributed by atoms with Crippen molar-refractivity contribution in [3.05, 3.63) is 53.2 Å². The Bertz CT molecular complexity index is 1390. The summed E-state index contributed by atoms with van der Waals surface area (Å²) in [6.07, 6.45) is 2.38. The van der Waals surface area contributed by atoms with E-state index >= 15 is 0 Å². The predicted molar refractivity (Wildman–Crippen MR) is 122 cm³/mol. The molecule has 1 amide bonds. The molecule has 1 atom stereocenters. The van der Waals surface area contributed by atoms with Gasteiger partial charge < -0.3 is 10.3 Å². The van der Waals surface area contributed by atoms with Gasteiger partial charge in [0.05, 0.1) is 26.0 Å². The van der Waals surface area contributed by atoms with E-state index in [1.165, 1.54) is 24.3 Å². The second-order valence-electron chi connectivity index (χ2n) is 7.55. The number of halogens is 1. The standard InChI is InChI=1S/C20H21ClN4O5S2/c1-12-10-23-20-17(8-7-16(21)19(12)20)25-32(29,30)15-5-3-14(4-6-15)31(27,28)24-13-2-9-18(26)22-11-13/h3-8,10,13,23-25H,2,9,11H2,1H3,(H,22,26). The van der Waals surface area contributed by atoms with Crippen molar-refractivity contribution < 1.29 is 21.6 Å². The Kier molecular flexibility index (Phi) is 5.93. The topological polar surface area (TPSA) is 137 Å². The number of aryl methyl sites for hydroxylation is 1. The Morgan fingerprint density at radius 1 is 1.00 bits per heavy atom. The van der Waals surface area contributed by atoms with Crippen LogP contribution in [0.1, 0.15) is 18.4 Å². The number of fused-ring (bicyclic) bond motifs is 1. The van der Waals surface area contributed by atoms with Gasteiger partial charge in [-0.25, -0.2) is 21.6 Å². The molecular formula is C20H21ClN4O5S2. The van der Waals surface area contributed by atoms with Gasteiger partial charge in [0.25, 0.3) is 10.0 Å². The molecule has 1 aromatic heterocycles. The lowest BCUT2D eigenvalue weighted by Gasteiger charge is -2.23. The number of aromatic amines is 1. The summed E-state index contributed by atoms with van der Waals surface area (Å²) in [6.45, 7) is 2.07. The van der Waals surface area contributed by atoms with Crippen LogP contribution in [-0.4, -0.2) is 40.3 Å². The van der Waals surface area contributed by atoms with Crippen LogP contribution in [0.2, 0.25) is 5.02 Å². The van der Waals surface area contributed by atoms with Crippen molar-refractivity contribution in [1.29, 1.82) is 0 Å². The number of piperidine rings is 1. The van der Waals surface area contributed by atoms with Crippen LogP contribution in [0.15, 0.2) is 52.4 Å². The lowest BCUT2D eigenvalue weighted by Crippen LogP contribution is -2.47. The Hall–Kier alpha value is -2.60. The number of nitrogens with one attached hydrogen (secondary N) is 4. The number of rotatable bonds is 6. The summed E-state index contributed by atoms with van der Waals surface area (Å²) < 4.78 is 56.0. The molecule has 0 radical (unpaired) electrons. The lowest BCUT2D eigenvalue weighted by atomic mass is 10.1. The molecule has 2 aromatic carbocycles. The van der Waals surface area contributed by atoms with Gasteiger partial charge in [0.1, 0.15) is 0 Å².